The SMILES string of the molecule is Nc1cc(NC(=O)c2ccccc2)ncn1. The van der Waals surface area contributed by atoms with Gasteiger partial charge in [-0.2, -0.15) is 0 Å². The first kappa shape index (κ1) is 10.1. The molecule has 2 rings (SSSR count). The van der Waals surface area contributed by atoms with Gasteiger partial charge >= 0.3 is 0 Å². The Bertz CT molecular complexity index is 498. The minimum absolute atomic E-state index is 0.223. The van der Waals surface area contributed by atoms with Gasteiger partial charge in [-0.1, -0.05) is 18.2 Å². The molecule has 16 heavy (non-hydrogen) atoms. The molecule has 0 atom stereocenters. The van der Waals surface area contributed by atoms with Crippen molar-refractivity contribution in [3.8, 4) is 0 Å². The van der Waals surface area contributed by atoms with Crippen LogP contribution in [0.15, 0.2) is 42.7 Å². The standard InChI is InChI=1S/C11H10N4O/c12-9-6-10(14-7-13-9)15-11(16)8-4-2-1-3-5-8/h1-7H,(H3,12,13,14,15,16). The van der Waals surface area contributed by atoms with Crippen molar-refractivity contribution in [2.45, 2.75) is 0 Å². The van der Waals surface area contributed by atoms with Crippen LogP contribution in [-0.2, 0) is 0 Å². The first-order valence-electron chi connectivity index (χ1n) is 4.69. The Morgan fingerprint density at radius 2 is 1.94 bits per heavy atom. The summed E-state index contributed by atoms with van der Waals surface area (Å²) >= 11 is 0. The number of carbonyl (C=O) groups excluding carboxylic acids is 1. The summed E-state index contributed by atoms with van der Waals surface area (Å²) in [6.07, 6.45) is 1.30. The molecule has 5 nitrogen and oxygen atoms in total. The van der Waals surface area contributed by atoms with Crippen molar-refractivity contribution < 1.29 is 4.79 Å². The van der Waals surface area contributed by atoms with Crippen LogP contribution in [0.2, 0.25) is 0 Å². The topological polar surface area (TPSA) is 80.9 Å². The van der Waals surface area contributed by atoms with E-state index in [9.17, 15) is 4.79 Å². The van der Waals surface area contributed by atoms with Crippen molar-refractivity contribution in [2.75, 3.05) is 11.1 Å². The predicted molar refractivity (Wildman–Crippen MR) is 60.8 cm³/mol. The molecule has 0 radical (unpaired) electrons. The van der Waals surface area contributed by atoms with E-state index in [1.165, 1.54) is 12.4 Å². The fourth-order valence-electron chi connectivity index (χ4n) is 1.22. The lowest BCUT2D eigenvalue weighted by molar-refractivity contribution is 0.102. The number of hydrogen-bond donors (Lipinski definition) is 2. The van der Waals surface area contributed by atoms with Crippen LogP contribution in [0, 0.1) is 0 Å². The Balaban J connectivity index is 2.14. The van der Waals surface area contributed by atoms with Crippen LogP contribution >= 0.6 is 0 Å². The van der Waals surface area contributed by atoms with Crippen LogP contribution in [0.25, 0.3) is 0 Å². The zero-order valence-electron chi connectivity index (χ0n) is 8.42. The maximum absolute atomic E-state index is 11.7. The Labute approximate surface area is 92.3 Å². The van der Waals surface area contributed by atoms with E-state index in [2.05, 4.69) is 15.3 Å². The second kappa shape index (κ2) is 4.39. The van der Waals surface area contributed by atoms with Gasteiger partial charge in [-0.3, -0.25) is 4.79 Å². The van der Waals surface area contributed by atoms with Crippen molar-refractivity contribution in [1.29, 1.82) is 0 Å². The number of nitrogens with zero attached hydrogens (tertiary/aromatic N) is 2. The highest BCUT2D eigenvalue weighted by Crippen LogP contribution is 2.07. The molecule has 0 aliphatic rings. The van der Waals surface area contributed by atoms with E-state index in [0.717, 1.165) is 0 Å². The molecule has 0 saturated heterocycles. The minimum Gasteiger partial charge on any atom is -0.384 e. The second-order valence-corrected chi connectivity index (χ2v) is 3.15. The average Bonchev–Trinajstić information content (AvgIpc) is 2.30. The molecule has 1 heterocycles. The lowest BCUT2D eigenvalue weighted by Crippen LogP contribution is -2.13. The lowest BCUT2D eigenvalue weighted by Gasteiger charge is -2.03. The zero-order valence-corrected chi connectivity index (χ0v) is 8.42. The maximum atomic E-state index is 11.7. The number of rotatable bonds is 2. The van der Waals surface area contributed by atoms with Crippen molar-refractivity contribution in [3.05, 3.63) is 48.3 Å². The van der Waals surface area contributed by atoms with Gasteiger partial charge in [-0.15, -0.1) is 0 Å². The molecule has 0 saturated carbocycles. The fraction of sp³-hybridized carbons (Fsp3) is 0. The van der Waals surface area contributed by atoms with E-state index in [-0.39, 0.29) is 5.91 Å². The fourth-order valence-corrected chi connectivity index (χ4v) is 1.22. The number of hydrogen-bond acceptors (Lipinski definition) is 4. The summed E-state index contributed by atoms with van der Waals surface area (Å²) in [6.45, 7) is 0. The molecule has 5 heteroatoms. The van der Waals surface area contributed by atoms with Crippen LogP contribution in [0.1, 0.15) is 10.4 Å². The summed E-state index contributed by atoms with van der Waals surface area (Å²) in [5.41, 5.74) is 6.04. The number of anilines is 2. The number of benzene rings is 1. The second-order valence-electron chi connectivity index (χ2n) is 3.15. The smallest absolute Gasteiger partial charge is 0.256 e. The Kier molecular flexibility index (Phi) is 2.77. The third-order valence-corrected chi connectivity index (χ3v) is 1.97. The van der Waals surface area contributed by atoms with Gasteiger partial charge in [0.1, 0.15) is 18.0 Å². The summed E-state index contributed by atoms with van der Waals surface area (Å²) in [6, 6.07) is 10.4. The van der Waals surface area contributed by atoms with Gasteiger partial charge in [-0.05, 0) is 12.1 Å². The normalized spacial score (nSPS) is 9.75. The first-order valence-corrected chi connectivity index (χ1v) is 4.69. The highest BCUT2D eigenvalue weighted by Gasteiger charge is 2.05. The van der Waals surface area contributed by atoms with Crippen molar-refractivity contribution in [3.63, 3.8) is 0 Å². The van der Waals surface area contributed by atoms with E-state index >= 15 is 0 Å². The van der Waals surface area contributed by atoms with E-state index < -0.39 is 0 Å². The molecule has 0 spiro atoms. The molecule has 1 aromatic heterocycles. The average molecular weight is 214 g/mol. The van der Waals surface area contributed by atoms with Gasteiger partial charge in [0.2, 0.25) is 0 Å². The van der Waals surface area contributed by atoms with Crippen LogP contribution in [0.4, 0.5) is 11.6 Å². The van der Waals surface area contributed by atoms with E-state index in [4.69, 9.17) is 5.73 Å². The molecule has 0 fully saturated rings. The van der Waals surface area contributed by atoms with E-state index in [1.807, 2.05) is 6.07 Å². The van der Waals surface area contributed by atoms with Crippen molar-refractivity contribution in [2.24, 2.45) is 0 Å². The quantitative estimate of drug-likeness (QED) is 0.789. The van der Waals surface area contributed by atoms with Gasteiger partial charge in [0.25, 0.3) is 5.91 Å². The molecular weight excluding hydrogens is 204 g/mol. The molecule has 2 aromatic rings. The number of aromatic nitrogens is 2. The van der Waals surface area contributed by atoms with Gasteiger partial charge in [0.15, 0.2) is 0 Å². The molecule has 0 unspecified atom stereocenters. The first-order chi connectivity index (χ1) is 7.75. The van der Waals surface area contributed by atoms with Gasteiger partial charge in [-0.25, -0.2) is 9.97 Å². The van der Waals surface area contributed by atoms with E-state index in [0.29, 0.717) is 17.2 Å². The Hall–Kier alpha value is -2.43. The number of carbonyl (C=O) groups is 1. The van der Waals surface area contributed by atoms with Crippen molar-refractivity contribution >= 4 is 17.5 Å². The lowest BCUT2D eigenvalue weighted by atomic mass is 10.2. The molecular formula is C11H10N4O. The van der Waals surface area contributed by atoms with Crippen LogP contribution < -0.4 is 11.1 Å². The van der Waals surface area contributed by atoms with Crippen LogP contribution in [0.3, 0.4) is 0 Å². The summed E-state index contributed by atoms with van der Waals surface area (Å²) < 4.78 is 0. The maximum Gasteiger partial charge on any atom is 0.256 e. The summed E-state index contributed by atoms with van der Waals surface area (Å²) in [4.78, 5) is 19.3. The third kappa shape index (κ3) is 2.33. The predicted octanol–water partition coefficient (Wildman–Crippen LogP) is 1.31. The largest absolute Gasteiger partial charge is 0.384 e. The molecule has 1 aromatic carbocycles. The van der Waals surface area contributed by atoms with Crippen LogP contribution in [0.5, 0.6) is 0 Å². The molecule has 1 amide bonds. The monoisotopic (exact) mass is 214 g/mol. The number of nitrogen functional groups attached to an aromatic ring is 1. The van der Waals surface area contributed by atoms with Gasteiger partial charge in [0, 0.05) is 11.6 Å². The Morgan fingerprint density at radius 3 is 2.62 bits per heavy atom. The minimum atomic E-state index is -0.223. The number of nitrogens with one attached hydrogen (secondary N) is 1. The van der Waals surface area contributed by atoms with Crippen molar-refractivity contribution in [1.82, 2.24) is 9.97 Å². The number of amides is 1. The van der Waals surface area contributed by atoms with E-state index in [1.54, 1.807) is 24.3 Å². The van der Waals surface area contributed by atoms with Gasteiger partial charge < -0.3 is 11.1 Å². The molecule has 0 aliphatic heterocycles. The third-order valence-electron chi connectivity index (χ3n) is 1.97. The molecule has 0 aliphatic carbocycles. The zero-order chi connectivity index (χ0) is 11.4. The summed E-state index contributed by atoms with van der Waals surface area (Å²) in [5, 5.41) is 2.63. The summed E-state index contributed by atoms with van der Waals surface area (Å²) in [7, 11) is 0. The molecule has 3 N–H and O–H groups in total. The number of nitrogens with two attached hydrogens (primary N) is 1. The highest BCUT2D eigenvalue weighted by molar-refractivity contribution is 6.03. The Morgan fingerprint density at radius 1 is 1.19 bits per heavy atom. The molecule has 80 valence electrons. The van der Waals surface area contributed by atoms with Gasteiger partial charge in [0.05, 0.1) is 0 Å². The highest BCUT2D eigenvalue weighted by atomic mass is 16.1. The summed E-state index contributed by atoms with van der Waals surface area (Å²) in [5.74, 6) is 0.485. The molecule has 0 bridgehead atoms. The van der Waals surface area contributed by atoms with Crippen LogP contribution in [-0.4, -0.2) is 15.9 Å².